The molecule has 0 aliphatic rings. The van der Waals surface area contributed by atoms with E-state index in [-0.39, 0.29) is 5.82 Å². The maximum atomic E-state index is 13.0. The van der Waals surface area contributed by atoms with E-state index >= 15 is 0 Å². The molecule has 0 heterocycles. The lowest BCUT2D eigenvalue weighted by molar-refractivity contribution is 0.307. The van der Waals surface area contributed by atoms with E-state index in [0.29, 0.717) is 12.4 Å². The third kappa shape index (κ3) is 3.84. The Kier molecular flexibility index (Phi) is 4.76. The molecule has 1 nitrogen and oxygen atoms in total. The van der Waals surface area contributed by atoms with Crippen LogP contribution in [0.3, 0.4) is 0 Å². The normalized spacial score (nSPS) is 10.3. The van der Waals surface area contributed by atoms with E-state index < -0.39 is 0 Å². The van der Waals surface area contributed by atoms with Gasteiger partial charge < -0.3 is 4.74 Å². The molecule has 0 saturated heterocycles. The van der Waals surface area contributed by atoms with E-state index in [1.54, 1.807) is 6.07 Å². The number of aryl methyl sites for hydroxylation is 1. The molecule has 0 aliphatic heterocycles. The summed E-state index contributed by atoms with van der Waals surface area (Å²) in [5.41, 5.74) is 1.29. The highest BCUT2D eigenvalue weighted by atomic mass is 79.9. The Balaban J connectivity index is 1.80. The molecular formula is C15H14BrFO. The van der Waals surface area contributed by atoms with Crippen LogP contribution in [-0.4, -0.2) is 6.61 Å². The highest BCUT2D eigenvalue weighted by Crippen LogP contribution is 2.25. The second-order valence-electron chi connectivity index (χ2n) is 4.01. The summed E-state index contributed by atoms with van der Waals surface area (Å²) < 4.78 is 19.4. The molecule has 2 aromatic carbocycles. The van der Waals surface area contributed by atoms with E-state index in [9.17, 15) is 4.39 Å². The van der Waals surface area contributed by atoms with Gasteiger partial charge >= 0.3 is 0 Å². The molecule has 2 aromatic rings. The van der Waals surface area contributed by atoms with Gasteiger partial charge in [-0.25, -0.2) is 4.39 Å². The number of ether oxygens (including phenoxy) is 1. The zero-order valence-corrected chi connectivity index (χ0v) is 11.5. The Labute approximate surface area is 115 Å². The first-order valence-electron chi connectivity index (χ1n) is 5.87. The van der Waals surface area contributed by atoms with E-state index in [2.05, 4.69) is 28.1 Å². The van der Waals surface area contributed by atoms with Gasteiger partial charge in [0.05, 0.1) is 11.1 Å². The topological polar surface area (TPSA) is 9.23 Å². The second kappa shape index (κ2) is 6.55. The number of halogens is 2. The van der Waals surface area contributed by atoms with E-state index in [4.69, 9.17) is 4.74 Å². The van der Waals surface area contributed by atoms with Crippen LogP contribution in [0.1, 0.15) is 12.0 Å². The summed E-state index contributed by atoms with van der Waals surface area (Å²) >= 11 is 3.34. The van der Waals surface area contributed by atoms with Crippen LogP contribution < -0.4 is 4.74 Å². The molecule has 0 amide bonds. The standard InChI is InChI=1S/C15H14BrFO/c16-14-9-8-13(17)11-15(14)18-10-4-7-12-5-2-1-3-6-12/h1-3,5-6,8-9,11H,4,7,10H2. The minimum absolute atomic E-state index is 0.281. The first-order chi connectivity index (χ1) is 8.75. The molecular weight excluding hydrogens is 295 g/mol. The molecule has 0 saturated carbocycles. The smallest absolute Gasteiger partial charge is 0.136 e. The summed E-state index contributed by atoms with van der Waals surface area (Å²) in [6.45, 7) is 0.580. The van der Waals surface area contributed by atoms with Crippen LogP contribution in [0.25, 0.3) is 0 Å². The first-order valence-corrected chi connectivity index (χ1v) is 6.67. The Morgan fingerprint density at radius 3 is 2.61 bits per heavy atom. The van der Waals surface area contributed by atoms with Gasteiger partial charge in [-0.05, 0) is 46.5 Å². The van der Waals surface area contributed by atoms with Crippen molar-refractivity contribution >= 4 is 15.9 Å². The summed E-state index contributed by atoms with van der Waals surface area (Å²) in [6.07, 6.45) is 1.88. The van der Waals surface area contributed by atoms with Crippen molar-refractivity contribution in [3.8, 4) is 5.75 Å². The van der Waals surface area contributed by atoms with Crippen LogP contribution in [-0.2, 0) is 6.42 Å². The third-order valence-electron chi connectivity index (χ3n) is 2.60. The second-order valence-corrected chi connectivity index (χ2v) is 4.87. The average Bonchev–Trinajstić information content (AvgIpc) is 2.40. The van der Waals surface area contributed by atoms with Crippen molar-refractivity contribution in [2.75, 3.05) is 6.61 Å². The predicted molar refractivity (Wildman–Crippen MR) is 74.4 cm³/mol. The van der Waals surface area contributed by atoms with E-state index in [0.717, 1.165) is 17.3 Å². The Morgan fingerprint density at radius 1 is 1.06 bits per heavy atom. The molecule has 2 rings (SSSR count). The number of rotatable bonds is 5. The van der Waals surface area contributed by atoms with Crippen LogP contribution in [0, 0.1) is 5.82 Å². The molecule has 0 radical (unpaired) electrons. The summed E-state index contributed by atoms with van der Waals surface area (Å²) in [4.78, 5) is 0. The van der Waals surface area contributed by atoms with Crippen molar-refractivity contribution in [3.05, 3.63) is 64.4 Å². The molecule has 0 unspecified atom stereocenters. The number of hydrogen-bond acceptors (Lipinski definition) is 1. The largest absolute Gasteiger partial charge is 0.492 e. The van der Waals surface area contributed by atoms with E-state index in [1.165, 1.54) is 17.7 Å². The predicted octanol–water partition coefficient (Wildman–Crippen LogP) is 4.60. The van der Waals surface area contributed by atoms with Crippen molar-refractivity contribution in [3.63, 3.8) is 0 Å². The van der Waals surface area contributed by atoms with Gasteiger partial charge in [-0.3, -0.25) is 0 Å². The molecule has 3 heteroatoms. The van der Waals surface area contributed by atoms with Crippen LogP contribution in [0.15, 0.2) is 53.0 Å². The number of benzene rings is 2. The third-order valence-corrected chi connectivity index (χ3v) is 3.26. The van der Waals surface area contributed by atoms with Gasteiger partial charge in [0, 0.05) is 6.07 Å². The Hall–Kier alpha value is -1.35. The fourth-order valence-corrected chi connectivity index (χ4v) is 2.05. The maximum Gasteiger partial charge on any atom is 0.136 e. The molecule has 0 bridgehead atoms. The Morgan fingerprint density at radius 2 is 1.83 bits per heavy atom. The maximum absolute atomic E-state index is 13.0. The molecule has 0 atom stereocenters. The van der Waals surface area contributed by atoms with Gasteiger partial charge in [-0.2, -0.15) is 0 Å². The molecule has 0 aliphatic carbocycles. The van der Waals surface area contributed by atoms with Gasteiger partial charge in [0.15, 0.2) is 0 Å². The number of hydrogen-bond donors (Lipinski definition) is 0. The minimum atomic E-state index is -0.281. The lowest BCUT2D eigenvalue weighted by Gasteiger charge is -2.08. The van der Waals surface area contributed by atoms with Crippen molar-refractivity contribution in [1.29, 1.82) is 0 Å². The molecule has 94 valence electrons. The molecule has 18 heavy (non-hydrogen) atoms. The van der Waals surface area contributed by atoms with Crippen LogP contribution in [0.5, 0.6) is 5.75 Å². The lowest BCUT2D eigenvalue weighted by Crippen LogP contribution is -2.00. The van der Waals surface area contributed by atoms with Crippen LogP contribution in [0.4, 0.5) is 4.39 Å². The minimum Gasteiger partial charge on any atom is -0.492 e. The molecule has 0 spiro atoms. The Bertz CT molecular complexity index is 499. The van der Waals surface area contributed by atoms with Crippen LogP contribution >= 0.6 is 15.9 Å². The SMILES string of the molecule is Fc1ccc(Br)c(OCCCc2ccccc2)c1. The fourth-order valence-electron chi connectivity index (χ4n) is 1.69. The van der Waals surface area contributed by atoms with Gasteiger partial charge in [0.1, 0.15) is 11.6 Å². The van der Waals surface area contributed by atoms with Crippen molar-refractivity contribution in [2.24, 2.45) is 0 Å². The summed E-state index contributed by atoms with van der Waals surface area (Å²) in [5, 5.41) is 0. The van der Waals surface area contributed by atoms with Gasteiger partial charge in [0.25, 0.3) is 0 Å². The highest BCUT2D eigenvalue weighted by Gasteiger charge is 2.02. The van der Waals surface area contributed by atoms with Crippen molar-refractivity contribution in [1.82, 2.24) is 0 Å². The zero-order valence-electron chi connectivity index (χ0n) is 9.90. The first kappa shape index (κ1) is 13.1. The zero-order chi connectivity index (χ0) is 12.8. The highest BCUT2D eigenvalue weighted by molar-refractivity contribution is 9.10. The molecule has 0 aromatic heterocycles. The summed E-state index contributed by atoms with van der Waals surface area (Å²) in [6, 6.07) is 14.7. The van der Waals surface area contributed by atoms with Crippen LogP contribution in [0.2, 0.25) is 0 Å². The van der Waals surface area contributed by atoms with Crippen molar-refractivity contribution in [2.45, 2.75) is 12.8 Å². The van der Waals surface area contributed by atoms with Gasteiger partial charge in [-0.1, -0.05) is 30.3 Å². The quantitative estimate of drug-likeness (QED) is 0.734. The fraction of sp³-hybridized carbons (Fsp3) is 0.200. The van der Waals surface area contributed by atoms with E-state index in [1.807, 2.05) is 18.2 Å². The van der Waals surface area contributed by atoms with Gasteiger partial charge in [0.2, 0.25) is 0 Å². The van der Waals surface area contributed by atoms with Gasteiger partial charge in [-0.15, -0.1) is 0 Å². The molecule has 0 N–H and O–H groups in total. The average molecular weight is 309 g/mol. The lowest BCUT2D eigenvalue weighted by atomic mass is 10.1. The summed E-state index contributed by atoms with van der Waals surface area (Å²) in [5.74, 6) is 0.277. The van der Waals surface area contributed by atoms with Crippen molar-refractivity contribution < 1.29 is 9.13 Å². The summed E-state index contributed by atoms with van der Waals surface area (Å²) in [7, 11) is 0. The monoisotopic (exact) mass is 308 g/mol. The molecule has 0 fully saturated rings.